The highest BCUT2D eigenvalue weighted by atomic mass is 79.9. The standard InChI is InChI=1S/C7H7Cl.C.4BrH/c8-6-7-4-2-1-3-5-7;;;;;/h1-5H,6H2;;4*1H. The molecule has 1 aromatic carbocycles. The summed E-state index contributed by atoms with van der Waals surface area (Å²) in [5, 5.41) is 0. The van der Waals surface area contributed by atoms with Gasteiger partial charge in [-0.25, -0.2) is 0 Å². The molecule has 13 heavy (non-hydrogen) atoms. The lowest BCUT2D eigenvalue weighted by molar-refractivity contribution is 1.41. The molecule has 5 heteroatoms. The van der Waals surface area contributed by atoms with Crippen molar-refractivity contribution in [3.8, 4) is 0 Å². The second kappa shape index (κ2) is 19.1. The first-order valence-electron chi connectivity index (χ1n) is 2.53. The van der Waals surface area contributed by atoms with Gasteiger partial charge in [0.05, 0.1) is 0 Å². The molecule has 0 nitrogen and oxygen atoms in total. The molecule has 1 rings (SSSR count). The second-order valence-corrected chi connectivity index (χ2v) is 1.89. The highest BCUT2D eigenvalue weighted by Crippen LogP contribution is 2.00. The van der Waals surface area contributed by atoms with Crippen molar-refractivity contribution in [3.63, 3.8) is 0 Å². The van der Waals surface area contributed by atoms with Crippen molar-refractivity contribution in [2.24, 2.45) is 0 Å². The zero-order valence-corrected chi connectivity index (χ0v) is 14.2. The summed E-state index contributed by atoms with van der Waals surface area (Å²) >= 11 is 5.53. The summed E-state index contributed by atoms with van der Waals surface area (Å²) in [7, 11) is 0. The van der Waals surface area contributed by atoms with Crippen molar-refractivity contribution in [1.82, 2.24) is 0 Å². The largest absolute Gasteiger partial charge is 0.122 e. The molecule has 0 heterocycles. The molecule has 0 unspecified atom stereocenters. The molecule has 0 aliphatic heterocycles. The van der Waals surface area contributed by atoms with Crippen molar-refractivity contribution < 1.29 is 0 Å². The van der Waals surface area contributed by atoms with Crippen LogP contribution >= 0.6 is 79.5 Å². The molecular formula is C8H11Br4Cl. The van der Waals surface area contributed by atoms with Gasteiger partial charge in [-0.05, 0) is 5.56 Å². The fraction of sp³-hybridized carbons (Fsp3) is 0.125. The molecule has 0 saturated carbocycles. The van der Waals surface area contributed by atoms with Gasteiger partial charge in [0.1, 0.15) is 0 Å². The Bertz CT molecular complexity index is 157. The Kier molecular flexibility index (Phi) is 42.9. The average molecular weight is 462 g/mol. The number of rotatable bonds is 1. The zero-order chi connectivity index (χ0) is 5.82. The van der Waals surface area contributed by atoms with Crippen molar-refractivity contribution >= 4 is 79.5 Å². The van der Waals surface area contributed by atoms with Crippen LogP contribution in [-0.2, 0) is 5.88 Å². The van der Waals surface area contributed by atoms with Gasteiger partial charge in [0.2, 0.25) is 0 Å². The molecule has 78 valence electrons. The summed E-state index contributed by atoms with van der Waals surface area (Å²) in [6.07, 6.45) is 0. The van der Waals surface area contributed by atoms with E-state index in [2.05, 4.69) is 0 Å². The third-order valence-corrected chi connectivity index (χ3v) is 1.31. The van der Waals surface area contributed by atoms with Gasteiger partial charge in [-0.2, -0.15) is 0 Å². The molecule has 0 aliphatic carbocycles. The highest BCUT2D eigenvalue weighted by Gasteiger charge is 1.81. The lowest BCUT2D eigenvalue weighted by Gasteiger charge is -1.88. The second-order valence-electron chi connectivity index (χ2n) is 1.62. The molecule has 0 fully saturated rings. The number of benzene rings is 1. The predicted molar refractivity (Wildman–Crippen MR) is 80.5 cm³/mol. The summed E-state index contributed by atoms with van der Waals surface area (Å²) < 4.78 is 0. The molecule has 0 amide bonds. The molecular weight excluding hydrogens is 451 g/mol. The average Bonchev–Trinajstić information content (AvgIpc) is 1.90. The van der Waals surface area contributed by atoms with E-state index in [0.717, 1.165) is 0 Å². The van der Waals surface area contributed by atoms with Crippen LogP contribution in [-0.4, -0.2) is 0 Å². The fourth-order valence-electron chi connectivity index (χ4n) is 0.567. The SMILES string of the molecule is Br.Br.Br.Br.ClCc1ccccc1.[C]. The van der Waals surface area contributed by atoms with Crippen molar-refractivity contribution in [2.45, 2.75) is 5.88 Å². The molecule has 0 bridgehead atoms. The van der Waals surface area contributed by atoms with Gasteiger partial charge in [0, 0.05) is 13.3 Å². The third-order valence-electron chi connectivity index (χ3n) is 0.997. The molecule has 0 aromatic heterocycles. The monoisotopic (exact) mass is 458 g/mol. The first kappa shape index (κ1) is 29.3. The maximum atomic E-state index is 5.53. The Morgan fingerprint density at radius 1 is 0.846 bits per heavy atom. The summed E-state index contributed by atoms with van der Waals surface area (Å²) in [5.41, 5.74) is 1.18. The molecule has 0 aliphatic rings. The van der Waals surface area contributed by atoms with Gasteiger partial charge in [0.25, 0.3) is 0 Å². The first-order chi connectivity index (χ1) is 3.93. The lowest BCUT2D eigenvalue weighted by Crippen LogP contribution is -1.71. The Balaban J connectivity index is -0.0000000427. The molecule has 0 atom stereocenters. The van der Waals surface area contributed by atoms with E-state index >= 15 is 0 Å². The first-order valence-corrected chi connectivity index (χ1v) is 3.07. The lowest BCUT2D eigenvalue weighted by atomic mass is 10.2. The predicted octanol–water partition coefficient (Wildman–Crippen LogP) is 4.82. The van der Waals surface area contributed by atoms with E-state index in [1.54, 1.807) is 0 Å². The molecule has 0 spiro atoms. The van der Waals surface area contributed by atoms with Crippen LogP contribution in [0.2, 0.25) is 0 Å². The Hall–Kier alpha value is 1.43. The van der Waals surface area contributed by atoms with Crippen LogP contribution < -0.4 is 0 Å². The molecule has 0 saturated heterocycles. The van der Waals surface area contributed by atoms with Crippen LogP contribution in [0.5, 0.6) is 0 Å². The quantitative estimate of drug-likeness (QED) is 0.526. The van der Waals surface area contributed by atoms with Crippen molar-refractivity contribution in [2.75, 3.05) is 0 Å². The van der Waals surface area contributed by atoms with Crippen LogP contribution in [0.25, 0.3) is 0 Å². The van der Waals surface area contributed by atoms with Crippen molar-refractivity contribution in [1.29, 1.82) is 0 Å². The van der Waals surface area contributed by atoms with Crippen LogP contribution in [0.15, 0.2) is 30.3 Å². The van der Waals surface area contributed by atoms with Crippen LogP contribution in [0.4, 0.5) is 0 Å². The van der Waals surface area contributed by atoms with Crippen LogP contribution in [0.1, 0.15) is 5.56 Å². The van der Waals surface area contributed by atoms with Gasteiger partial charge >= 0.3 is 0 Å². The maximum Gasteiger partial charge on any atom is 0.0474 e. The van der Waals surface area contributed by atoms with Gasteiger partial charge < -0.3 is 0 Å². The van der Waals surface area contributed by atoms with E-state index in [1.807, 2.05) is 30.3 Å². The fourth-order valence-corrected chi connectivity index (χ4v) is 0.745. The smallest absolute Gasteiger partial charge is 0.0474 e. The van der Waals surface area contributed by atoms with E-state index in [1.165, 1.54) is 5.56 Å². The van der Waals surface area contributed by atoms with Gasteiger partial charge in [-0.3, -0.25) is 0 Å². The number of hydrogen-bond acceptors (Lipinski definition) is 0. The Morgan fingerprint density at radius 3 is 1.46 bits per heavy atom. The molecule has 0 N–H and O–H groups in total. The third kappa shape index (κ3) is 13.4. The van der Waals surface area contributed by atoms with E-state index in [0.29, 0.717) is 5.88 Å². The molecule has 1 aromatic rings. The van der Waals surface area contributed by atoms with E-state index in [4.69, 9.17) is 11.6 Å². The Labute approximate surface area is 128 Å². The van der Waals surface area contributed by atoms with Crippen molar-refractivity contribution in [3.05, 3.63) is 43.3 Å². The summed E-state index contributed by atoms with van der Waals surface area (Å²) in [5.74, 6) is 0.612. The number of hydrogen-bond donors (Lipinski definition) is 0. The minimum Gasteiger partial charge on any atom is -0.122 e. The number of halogens is 5. The van der Waals surface area contributed by atoms with Crippen LogP contribution in [0, 0.1) is 7.43 Å². The van der Waals surface area contributed by atoms with Crippen LogP contribution in [0.3, 0.4) is 0 Å². The highest BCUT2D eigenvalue weighted by molar-refractivity contribution is 8.93. The topological polar surface area (TPSA) is 0 Å². The minimum absolute atomic E-state index is 0. The van der Waals surface area contributed by atoms with Gasteiger partial charge in [-0.15, -0.1) is 79.5 Å². The number of alkyl halides is 1. The Morgan fingerprint density at radius 2 is 1.23 bits per heavy atom. The summed E-state index contributed by atoms with van der Waals surface area (Å²) in [6.45, 7) is 0. The minimum atomic E-state index is 0. The van der Waals surface area contributed by atoms with Gasteiger partial charge in [0.15, 0.2) is 0 Å². The maximum absolute atomic E-state index is 5.53. The van der Waals surface area contributed by atoms with E-state index in [-0.39, 0.29) is 75.4 Å². The van der Waals surface area contributed by atoms with E-state index in [9.17, 15) is 0 Å². The molecule has 4 radical (unpaired) electrons. The van der Waals surface area contributed by atoms with E-state index < -0.39 is 0 Å². The van der Waals surface area contributed by atoms with Gasteiger partial charge in [-0.1, -0.05) is 30.3 Å². The summed E-state index contributed by atoms with van der Waals surface area (Å²) in [4.78, 5) is 0. The normalized spacial score (nSPS) is 5.62. The zero-order valence-electron chi connectivity index (χ0n) is 6.60. The summed E-state index contributed by atoms with van der Waals surface area (Å²) in [6, 6.07) is 9.96.